The van der Waals surface area contributed by atoms with E-state index in [9.17, 15) is 9.59 Å². The van der Waals surface area contributed by atoms with Crippen molar-refractivity contribution in [3.63, 3.8) is 0 Å². The van der Waals surface area contributed by atoms with E-state index in [1.807, 2.05) is 23.1 Å². The lowest BCUT2D eigenvalue weighted by Crippen LogP contribution is -2.61. The van der Waals surface area contributed by atoms with Crippen LogP contribution in [0, 0.1) is 5.92 Å². The van der Waals surface area contributed by atoms with Crippen molar-refractivity contribution in [3.8, 4) is 0 Å². The third-order valence-corrected chi connectivity index (χ3v) is 7.43. The molecular formula is C26H31N3O2. The van der Waals surface area contributed by atoms with Gasteiger partial charge in [-0.2, -0.15) is 0 Å². The maximum absolute atomic E-state index is 13.4. The molecule has 31 heavy (non-hydrogen) atoms. The predicted octanol–water partition coefficient (Wildman–Crippen LogP) is 4.46. The Balaban J connectivity index is 1.39. The van der Waals surface area contributed by atoms with Gasteiger partial charge in [0, 0.05) is 19.1 Å². The molecule has 2 aromatic carbocycles. The van der Waals surface area contributed by atoms with Gasteiger partial charge in [0.1, 0.15) is 0 Å². The van der Waals surface area contributed by atoms with E-state index in [4.69, 9.17) is 0 Å². The number of amides is 3. The number of likely N-dealkylation sites (tertiary alicyclic amines) is 1. The molecule has 3 amide bonds. The largest absolute Gasteiger partial charge is 0.335 e. The Labute approximate surface area is 184 Å². The lowest BCUT2D eigenvalue weighted by Gasteiger charge is -2.51. The van der Waals surface area contributed by atoms with E-state index in [0.29, 0.717) is 0 Å². The van der Waals surface area contributed by atoms with Gasteiger partial charge in [0.15, 0.2) is 0 Å². The molecule has 0 unspecified atom stereocenters. The Morgan fingerprint density at radius 3 is 2.68 bits per heavy atom. The van der Waals surface area contributed by atoms with Gasteiger partial charge in [-0.15, -0.1) is 0 Å². The van der Waals surface area contributed by atoms with Gasteiger partial charge in [0.05, 0.1) is 18.0 Å². The summed E-state index contributed by atoms with van der Waals surface area (Å²) in [6.45, 7) is 3.61. The number of hydrogen-bond donors (Lipinski definition) is 1. The average Bonchev–Trinajstić information content (AvgIpc) is 2.82. The van der Waals surface area contributed by atoms with Crippen LogP contribution in [0.4, 0.5) is 4.79 Å². The molecule has 0 aliphatic carbocycles. The molecular weight excluding hydrogens is 386 g/mol. The minimum Gasteiger partial charge on any atom is -0.335 e. The van der Waals surface area contributed by atoms with Crippen LogP contribution in [0.2, 0.25) is 0 Å². The smallest absolute Gasteiger partial charge is 0.318 e. The van der Waals surface area contributed by atoms with Crippen LogP contribution in [0.3, 0.4) is 0 Å². The van der Waals surface area contributed by atoms with Crippen molar-refractivity contribution in [1.82, 2.24) is 15.1 Å². The van der Waals surface area contributed by atoms with E-state index in [2.05, 4.69) is 53.5 Å². The van der Waals surface area contributed by atoms with Crippen molar-refractivity contribution in [2.24, 2.45) is 5.92 Å². The maximum Gasteiger partial charge on any atom is 0.318 e. The van der Waals surface area contributed by atoms with Crippen LogP contribution < -0.4 is 5.32 Å². The van der Waals surface area contributed by atoms with Crippen molar-refractivity contribution >= 4 is 11.9 Å². The molecule has 2 fully saturated rings. The number of fused-ring (bicyclic) bond motifs is 4. The van der Waals surface area contributed by atoms with Crippen LogP contribution in [0.15, 0.2) is 54.6 Å². The Morgan fingerprint density at radius 1 is 1.10 bits per heavy atom. The number of hydrogen-bond acceptors (Lipinski definition) is 2. The quantitative estimate of drug-likeness (QED) is 0.802. The third-order valence-electron chi connectivity index (χ3n) is 7.43. The SMILES string of the molecule is CC[C@@H](NC(=O)N1CCC[C@@H]2C(=O)N3CCc4ccccc4[C@H]3C[C@@H]21)c1ccccc1. The van der Waals surface area contributed by atoms with Crippen LogP contribution in [0.25, 0.3) is 0 Å². The van der Waals surface area contributed by atoms with Gasteiger partial charge in [-0.1, -0.05) is 61.5 Å². The molecule has 0 radical (unpaired) electrons. The number of carbonyl (C=O) groups excluding carboxylic acids is 2. The number of carbonyl (C=O) groups is 2. The van der Waals surface area contributed by atoms with Crippen molar-refractivity contribution in [2.45, 2.75) is 57.2 Å². The molecule has 0 saturated carbocycles. The van der Waals surface area contributed by atoms with Gasteiger partial charge in [0.25, 0.3) is 0 Å². The molecule has 5 heteroatoms. The first-order valence-electron chi connectivity index (χ1n) is 11.7. The molecule has 162 valence electrons. The average molecular weight is 418 g/mol. The number of benzene rings is 2. The first-order chi connectivity index (χ1) is 15.2. The van der Waals surface area contributed by atoms with E-state index in [0.717, 1.165) is 50.8 Å². The Bertz CT molecular complexity index is 960. The molecule has 5 nitrogen and oxygen atoms in total. The molecule has 0 aromatic heterocycles. The maximum atomic E-state index is 13.4. The normalized spacial score (nSPS) is 25.8. The lowest BCUT2D eigenvalue weighted by molar-refractivity contribution is -0.148. The van der Waals surface area contributed by atoms with Crippen LogP contribution >= 0.6 is 0 Å². The molecule has 2 aromatic rings. The van der Waals surface area contributed by atoms with Gasteiger partial charge in [-0.3, -0.25) is 4.79 Å². The fourth-order valence-electron chi connectivity index (χ4n) is 5.84. The molecule has 1 N–H and O–H groups in total. The number of piperidine rings is 2. The fraction of sp³-hybridized carbons (Fsp3) is 0.462. The van der Waals surface area contributed by atoms with E-state index >= 15 is 0 Å². The highest BCUT2D eigenvalue weighted by Gasteiger charge is 2.48. The molecule has 4 atom stereocenters. The Kier molecular flexibility index (Phi) is 5.43. The van der Waals surface area contributed by atoms with E-state index in [1.54, 1.807) is 0 Å². The van der Waals surface area contributed by atoms with Crippen molar-refractivity contribution in [1.29, 1.82) is 0 Å². The summed E-state index contributed by atoms with van der Waals surface area (Å²) in [5, 5.41) is 3.25. The summed E-state index contributed by atoms with van der Waals surface area (Å²) in [4.78, 5) is 30.9. The second kappa shape index (κ2) is 8.37. The topological polar surface area (TPSA) is 52.7 Å². The third kappa shape index (κ3) is 3.60. The zero-order valence-corrected chi connectivity index (χ0v) is 18.2. The summed E-state index contributed by atoms with van der Waals surface area (Å²) in [5.41, 5.74) is 3.73. The molecule has 5 rings (SSSR count). The number of nitrogens with zero attached hydrogens (tertiary/aromatic N) is 2. The summed E-state index contributed by atoms with van der Waals surface area (Å²) in [7, 11) is 0. The predicted molar refractivity (Wildman–Crippen MR) is 120 cm³/mol. The highest BCUT2D eigenvalue weighted by molar-refractivity contribution is 5.83. The van der Waals surface area contributed by atoms with Crippen LogP contribution in [0.1, 0.15) is 61.4 Å². The monoisotopic (exact) mass is 417 g/mol. The highest BCUT2D eigenvalue weighted by atomic mass is 16.2. The second-order valence-corrected chi connectivity index (χ2v) is 9.06. The van der Waals surface area contributed by atoms with Crippen LogP contribution in [-0.2, 0) is 11.2 Å². The minimum absolute atomic E-state index is 0.0136. The van der Waals surface area contributed by atoms with Crippen molar-refractivity contribution in [3.05, 3.63) is 71.3 Å². The summed E-state index contributed by atoms with van der Waals surface area (Å²) >= 11 is 0. The first kappa shape index (κ1) is 20.1. The van der Waals surface area contributed by atoms with Gasteiger partial charge in [-0.05, 0) is 48.8 Å². The van der Waals surface area contributed by atoms with Gasteiger partial charge >= 0.3 is 6.03 Å². The first-order valence-corrected chi connectivity index (χ1v) is 11.7. The molecule has 0 spiro atoms. The van der Waals surface area contributed by atoms with E-state index < -0.39 is 0 Å². The van der Waals surface area contributed by atoms with Gasteiger partial charge in [0.2, 0.25) is 5.91 Å². The summed E-state index contributed by atoms with van der Waals surface area (Å²) < 4.78 is 0. The molecule has 0 bridgehead atoms. The lowest BCUT2D eigenvalue weighted by atomic mass is 9.76. The number of rotatable bonds is 3. The molecule has 3 heterocycles. The van der Waals surface area contributed by atoms with Crippen molar-refractivity contribution < 1.29 is 9.59 Å². The molecule has 3 aliphatic heterocycles. The van der Waals surface area contributed by atoms with Crippen LogP contribution in [0.5, 0.6) is 0 Å². The second-order valence-electron chi connectivity index (χ2n) is 9.06. The summed E-state index contributed by atoms with van der Waals surface area (Å²) in [5.74, 6) is 0.168. The Morgan fingerprint density at radius 2 is 1.87 bits per heavy atom. The van der Waals surface area contributed by atoms with Crippen LogP contribution in [-0.4, -0.2) is 40.9 Å². The van der Waals surface area contributed by atoms with Gasteiger partial charge < -0.3 is 15.1 Å². The minimum atomic E-state index is -0.0715. The molecule has 2 saturated heterocycles. The van der Waals surface area contributed by atoms with Gasteiger partial charge in [-0.25, -0.2) is 4.79 Å². The standard InChI is InChI=1S/C26H31N3O2/c1-2-22(19-10-4-3-5-11-19)27-26(31)29-15-8-13-21-24(29)17-23-20-12-7-6-9-18(20)14-16-28(23)25(21)30/h3-7,9-12,21-24H,2,8,13-17H2,1H3,(H,27,31)/t21-,22+,23+,24-/m0/s1. The number of nitrogens with one attached hydrogen (secondary N) is 1. The summed E-state index contributed by atoms with van der Waals surface area (Å²) in [6.07, 6.45) is 4.37. The summed E-state index contributed by atoms with van der Waals surface area (Å²) in [6, 6.07) is 18.6. The zero-order valence-electron chi connectivity index (χ0n) is 18.2. The van der Waals surface area contributed by atoms with Crippen molar-refractivity contribution in [2.75, 3.05) is 13.1 Å². The van der Waals surface area contributed by atoms with E-state index in [-0.39, 0.29) is 36.0 Å². The van der Waals surface area contributed by atoms with E-state index in [1.165, 1.54) is 11.1 Å². The zero-order chi connectivity index (χ0) is 21.4. The Hall–Kier alpha value is -2.82. The fourth-order valence-corrected chi connectivity index (χ4v) is 5.84. The number of urea groups is 1. The molecule has 3 aliphatic rings. The highest BCUT2D eigenvalue weighted by Crippen LogP contribution is 2.43.